The largest absolute Gasteiger partial charge is 0.497 e. The molecule has 0 radical (unpaired) electrons. The van der Waals surface area contributed by atoms with Crippen molar-refractivity contribution in [2.45, 2.75) is 45.7 Å². The van der Waals surface area contributed by atoms with Gasteiger partial charge in [-0.05, 0) is 44.0 Å². The van der Waals surface area contributed by atoms with Gasteiger partial charge in [0, 0.05) is 24.7 Å². The molecule has 0 aliphatic heterocycles. The lowest BCUT2D eigenvalue weighted by molar-refractivity contribution is 0.393. The fourth-order valence-corrected chi connectivity index (χ4v) is 2.14. The summed E-state index contributed by atoms with van der Waals surface area (Å²) in [6, 6.07) is 7.09. The Morgan fingerprint density at radius 2 is 1.57 bits per heavy atom. The average molecular weight is 294 g/mol. The molecule has 1 atom stereocenters. The van der Waals surface area contributed by atoms with Crippen molar-refractivity contribution in [2.24, 2.45) is 0 Å². The van der Waals surface area contributed by atoms with Crippen LogP contribution in [-0.4, -0.2) is 39.4 Å². The molecule has 4 nitrogen and oxygen atoms in total. The SMILES string of the molecule is COc1cc(CCCNC(C)CNC(C)C)cc(OC)c1. The van der Waals surface area contributed by atoms with Crippen LogP contribution in [0.5, 0.6) is 11.5 Å². The third kappa shape index (κ3) is 7.34. The number of hydrogen-bond acceptors (Lipinski definition) is 4. The lowest BCUT2D eigenvalue weighted by Gasteiger charge is -2.16. The lowest BCUT2D eigenvalue weighted by Crippen LogP contribution is -2.39. The summed E-state index contributed by atoms with van der Waals surface area (Å²) in [4.78, 5) is 0. The van der Waals surface area contributed by atoms with E-state index in [0.717, 1.165) is 37.4 Å². The topological polar surface area (TPSA) is 42.5 Å². The average Bonchev–Trinajstić information content (AvgIpc) is 2.49. The molecule has 0 aromatic heterocycles. The molecule has 0 saturated heterocycles. The lowest BCUT2D eigenvalue weighted by atomic mass is 10.1. The van der Waals surface area contributed by atoms with Crippen LogP contribution in [0.25, 0.3) is 0 Å². The molecule has 0 amide bonds. The molecule has 21 heavy (non-hydrogen) atoms. The van der Waals surface area contributed by atoms with E-state index in [4.69, 9.17) is 9.47 Å². The molecule has 0 bridgehead atoms. The second-order valence-electron chi connectivity index (χ2n) is 5.74. The van der Waals surface area contributed by atoms with Gasteiger partial charge in [-0.3, -0.25) is 0 Å². The summed E-state index contributed by atoms with van der Waals surface area (Å²) in [5.74, 6) is 1.71. The molecule has 0 aliphatic rings. The molecule has 0 heterocycles. The van der Waals surface area contributed by atoms with Gasteiger partial charge >= 0.3 is 0 Å². The molecule has 0 aliphatic carbocycles. The van der Waals surface area contributed by atoms with Crippen molar-refractivity contribution in [2.75, 3.05) is 27.3 Å². The molecule has 0 saturated carbocycles. The van der Waals surface area contributed by atoms with Gasteiger partial charge in [-0.1, -0.05) is 13.8 Å². The van der Waals surface area contributed by atoms with Gasteiger partial charge in [0.1, 0.15) is 11.5 Å². The maximum absolute atomic E-state index is 5.29. The number of methoxy groups -OCH3 is 2. The molecular weight excluding hydrogens is 264 g/mol. The van der Waals surface area contributed by atoms with Gasteiger partial charge in [0.05, 0.1) is 14.2 Å². The first-order valence-electron chi connectivity index (χ1n) is 7.74. The van der Waals surface area contributed by atoms with Crippen LogP contribution >= 0.6 is 0 Å². The molecule has 120 valence electrons. The third-order valence-electron chi connectivity index (χ3n) is 3.38. The minimum atomic E-state index is 0.493. The first kappa shape index (κ1) is 17.8. The molecule has 4 heteroatoms. The summed E-state index contributed by atoms with van der Waals surface area (Å²) in [6.07, 6.45) is 2.12. The van der Waals surface area contributed by atoms with E-state index in [1.165, 1.54) is 5.56 Å². The van der Waals surface area contributed by atoms with Crippen molar-refractivity contribution < 1.29 is 9.47 Å². The highest BCUT2D eigenvalue weighted by molar-refractivity contribution is 5.38. The maximum Gasteiger partial charge on any atom is 0.122 e. The van der Waals surface area contributed by atoms with Gasteiger partial charge in [0.15, 0.2) is 0 Å². The highest BCUT2D eigenvalue weighted by Gasteiger charge is 2.04. The number of hydrogen-bond donors (Lipinski definition) is 2. The summed E-state index contributed by atoms with van der Waals surface area (Å²) in [5.41, 5.74) is 1.25. The Morgan fingerprint density at radius 3 is 2.10 bits per heavy atom. The van der Waals surface area contributed by atoms with Crippen LogP contribution in [0.4, 0.5) is 0 Å². The quantitative estimate of drug-likeness (QED) is 0.651. The predicted octanol–water partition coefficient (Wildman–Crippen LogP) is 2.61. The number of nitrogens with one attached hydrogen (secondary N) is 2. The van der Waals surface area contributed by atoms with Crippen molar-refractivity contribution in [3.05, 3.63) is 23.8 Å². The molecule has 0 spiro atoms. The number of rotatable bonds is 10. The van der Waals surface area contributed by atoms with E-state index in [1.807, 2.05) is 6.07 Å². The molecule has 1 rings (SSSR count). The molecule has 2 N–H and O–H groups in total. The van der Waals surface area contributed by atoms with Crippen LogP contribution in [0.1, 0.15) is 32.8 Å². The summed E-state index contributed by atoms with van der Waals surface area (Å²) in [7, 11) is 3.37. The summed E-state index contributed by atoms with van der Waals surface area (Å²) in [6.45, 7) is 8.57. The minimum absolute atomic E-state index is 0.493. The van der Waals surface area contributed by atoms with E-state index in [0.29, 0.717) is 12.1 Å². The zero-order valence-corrected chi connectivity index (χ0v) is 14.0. The second kappa shape index (κ2) is 9.64. The predicted molar refractivity (Wildman–Crippen MR) is 88.5 cm³/mol. The zero-order chi connectivity index (χ0) is 15.7. The summed E-state index contributed by atoms with van der Waals surface area (Å²) < 4.78 is 10.6. The van der Waals surface area contributed by atoms with Crippen molar-refractivity contribution in [3.63, 3.8) is 0 Å². The maximum atomic E-state index is 5.29. The van der Waals surface area contributed by atoms with Crippen LogP contribution in [-0.2, 0) is 6.42 Å². The Bertz CT molecular complexity index is 386. The minimum Gasteiger partial charge on any atom is -0.497 e. The standard InChI is InChI=1S/C17H30N2O2/c1-13(2)19-12-14(3)18-8-6-7-15-9-16(20-4)11-17(10-15)21-5/h9-11,13-14,18-19H,6-8,12H2,1-5H3. The monoisotopic (exact) mass is 294 g/mol. The Morgan fingerprint density at radius 1 is 0.952 bits per heavy atom. The zero-order valence-electron chi connectivity index (χ0n) is 14.0. The fraction of sp³-hybridized carbons (Fsp3) is 0.647. The van der Waals surface area contributed by atoms with Crippen LogP contribution < -0.4 is 20.1 Å². The Hall–Kier alpha value is -1.26. The Kier molecular flexibility index (Phi) is 8.16. The van der Waals surface area contributed by atoms with Crippen molar-refractivity contribution in [1.29, 1.82) is 0 Å². The van der Waals surface area contributed by atoms with E-state index in [1.54, 1.807) is 14.2 Å². The second-order valence-corrected chi connectivity index (χ2v) is 5.74. The first-order valence-corrected chi connectivity index (χ1v) is 7.74. The van der Waals surface area contributed by atoms with E-state index < -0.39 is 0 Å². The smallest absolute Gasteiger partial charge is 0.122 e. The van der Waals surface area contributed by atoms with Crippen molar-refractivity contribution in [1.82, 2.24) is 10.6 Å². The molecular formula is C17H30N2O2. The van der Waals surface area contributed by atoms with Gasteiger partial charge in [-0.15, -0.1) is 0 Å². The summed E-state index contributed by atoms with van der Waals surface area (Å²) >= 11 is 0. The van der Waals surface area contributed by atoms with Crippen LogP contribution in [0.15, 0.2) is 18.2 Å². The van der Waals surface area contributed by atoms with E-state index >= 15 is 0 Å². The normalized spacial score (nSPS) is 12.5. The molecule has 0 fully saturated rings. The highest BCUT2D eigenvalue weighted by atomic mass is 16.5. The van der Waals surface area contributed by atoms with E-state index in [-0.39, 0.29) is 0 Å². The van der Waals surface area contributed by atoms with Crippen LogP contribution in [0, 0.1) is 0 Å². The third-order valence-corrected chi connectivity index (χ3v) is 3.38. The van der Waals surface area contributed by atoms with Gasteiger partial charge in [0.25, 0.3) is 0 Å². The molecule has 1 unspecified atom stereocenters. The Balaban J connectivity index is 2.32. The van der Waals surface area contributed by atoms with E-state index in [9.17, 15) is 0 Å². The number of ether oxygens (including phenoxy) is 2. The summed E-state index contributed by atoms with van der Waals surface area (Å²) in [5, 5.41) is 6.98. The fourth-order valence-electron chi connectivity index (χ4n) is 2.14. The molecule has 1 aromatic rings. The molecule has 1 aromatic carbocycles. The number of benzene rings is 1. The van der Waals surface area contributed by atoms with Crippen molar-refractivity contribution >= 4 is 0 Å². The highest BCUT2D eigenvalue weighted by Crippen LogP contribution is 2.23. The Labute approximate surface area is 129 Å². The van der Waals surface area contributed by atoms with Crippen LogP contribution in [0.2, 0.25) is 0 Å². The van der Waals surface area contributed by atoms with Gasteiger partial charge < -0.3 is 20.1 Å². The van der Waals surface area contributed by atoms with Gasteiger partial charge in [0.2, 0.25) is 0 Å². The van der Waals surface area contributed by atoms with Gasteiger partial charge in [-0.2, -0.15) is 0 Å². The van der Waals surface area contributed by atoms with E-state index in [2.05, 4.69) is 43.5 Å². The van der Waals surface area contributed by atoms with Crippen molar-refractivity contribution in [3.8, 4) is 11.5 Å². The van der Waals surface area contributed by atoms with Crippen LogP contribution in [0.3, 0.4) is 0 Å². The number of aryl methyl sites for hydroxylation is 1. The van der Waals surface area contributed by atoms with Gasteiger partial charge in [-0.25, -0.2) is 0 Å². The first-order chi connectivity index (χ1) is 10.0.